The van der Waals surface area contributed by atoms with Crippen molar-refractivity contribution >= 4 is 0 Å². The molecule has 0 saturated heterocycles. The molecule has 0 heterocycles. The Morgan fingerprint density at radius 1 is 1.24 bits per heavy atom. The van der Waals surface area contributed by atoms with Crippen molar-refractivity contribution in [3.63, 3.8) is 0 Å². The van der Waals surface area contributed by atoms with E-state index < -0.39 is 6.04 Å². The lowest BCUT2D eigenvalue weighted by atomic mass is 10.0. The van der Waals surface area contributed by atoms with E-state index in [1.165, 1.54) is 0 Å². The Labute approximate surface area is 101 Å². The first-order valence-electron chi connectivity index (χ1n) is 5.60. The first-order chi connectivity index (χ1) is 8.15. The number of halogens is 1. The second kappa shape index (κ2) is 6.33. The third-order valence-corrected chi connectivity index (χ3v) is 2.26. The van der Waals surface area contributed by atoms with Gasteiger partial charge in [-0.1, -0.05) is 18.2 Å². The fraction of sp³-hybridized carbons (Fsp3) is 0.462. The summed E-state index contributed by atoms with van der Waals surface area (Å²) in [4.78, 5) is 0. The molecule has 3 nitrogen and oxygen atoms in total. The summed E-state index contributed by atoms with van der Waals surface area (Å²) in [5.74, 6) is 0. The molecule has 0 amide bonds. The number of benzene rings is 1. The highest BCUT2D eigenvalue weighted by Crippen LogP contribution is 2.23. The van der Waals surface area contributed by atoms with Crippen LogP contribution in [0.25, 0.3) is 0 Å². The van der Waals surface area contributed by atoms with Crippen molar-refractivity contribution in [3.05, 3.63) is 35.4 Å². The molecule has 4 heteroatoms. The van der Waals surface area contributed by atoms with Crippen LogP contribution in [0.4, 0.5) is 4.39 Å². The molecule has 92 valence electrons. The SMILES string of the molecule is CCOC(F)(Cc1ccccc1C#N)OCC. The minimum absolute atomic E-state index is 0.0849. The van der Waals surface area contributed by atoms with Crippen LogP contribution in [0.15, 0.2) is 24.3 Å². The van der Waals surface area contributed by atoms with Gasteiger partial charge in [-0.25, -0.2) is 0 Å². The van der Waals surface area contributed by atoms with Crippen LogP contribution in [0.3, 0.4) is 0 Å². The van der Waals surface area contributed by atoms with Crippen LogP contribution in [0.1, 0.15) is 25.0 Å². The second-order valence-corrected chi connectivity index (χ2v) is 3.47. The maximum Gasteiger partial charge on any atom is 0.324 e. The number of rotatable bonds is 6. The molecule has 0 fully saturated rings. The number of alkyl halides is 1. The van der Waals surface area contributed by atoms with E-state index in [0.717, 1.165) is 0 Å². The zero-order valence-electron chi connectivity index (χ0n) is 10.1. The molecule has 0 radical (unpaired) electrons. The van der Waals surface area contributed by atoms with Gasteiger partial charge in [-0.2, -0.15) is 9.65 Å². The van der Waals surface area contributed by atoms with Crippen LogP contribution in [-0.4, -0.2) is 19.3 Å². The third-order valence-electron chi connectivity index (χ3n) is 2.26. The normalized spacial score (nSPS) is 11.2. The highest BCUT2D eigenvalue weighted by Gasteiger charge is 2.32. The van der Waals surface area contributed by atoms with Crippen molar-refractivity contribution in [2.45, 2.75) is 26.3 Å². The van der Waals surface area contributed by atoms with E-state index in [-0.39, 0.29) is 19.6 Å². The standard InChI is InChI=1S/C13H16FNO2/c1-3-16-13(14,17-4-2)9-11-7-5-6-8-12(11)10-15/h5-8H,3-4,9H2,1-2H3. The molecule has 1 rings (SSSR count). The Bertz CT molecular complexity index is 395. The quantitative estimate of drug-likeness (QED) is 0.714. The van der Waals surface area contributed by atoms with Crippen LogP contribution in [0.2, 0.25) is 0 Å². The molecule has 0 N–H and O–H groups in total. The van der Waals surface area contributed by atoms with Crippen LogP contribution >= 0.6 is 0 Å². The molecule has 0 aromatic heterocycles. The summed E-state index contributed by atoms with van der Waals surface area (Å²) in [5, 5.41) is 8.92. The maximum atomic E-state index is 14.2. The van der Waals surface area contributed by atoms with E-state index in [0.29, 0.717) is 11.1 Å². The number of nitriles is 1. The van der Waals surface area contributed by atoms with E-state index in [1.54, 1.807) is 38.1 Å². The van der Waals surface area contributed by atoms with Gasteiger partial charge in [0.15, 0.2) is 0 Å². The number of hydrogen-bond donors (Lipinski definition) is 0. The molecular formula is C13H16FNO2. The molecule has 0 aliphatic heterocycles. The number of ether oxygens (including phenoxy) is 2. The van der Waals surface area contributed by atoms with Gasteiger partial charge >= 0.3 is 6.04 Å². The van der Waals surface area contributed by atoms with E-state index in [4.69, 9.17) is 14.7 Å². The average Bonchev–Trinajstić information content (AvgIpc) is 2.30. The predicted molar refractivity (Wildman–Crippen MR) is 62.0 cm³/mol. The molecule has 0 atom stereocenters. The van der Waals surface area contributed by atoms with Gasteiger partial charge in [0.05, 0.1) is 18.1 Å². The lowest BCUT2D eigenvalue weighted by Gasteiger charge is -2.24. The Balaban J connectivity index is 2.90. The van der Waals surface area contributed by atoms with Crippen molar-refractivity contribution in [2.75, 3.05) is 13.2 Å². The predicted octanol–water partition coefficient (Wildman–Crippen LogP) is 2.80. The van der Waals surface area contributed by atoms with E-state index in [2.05, 4.69) is 0 Å². The lowest BCUT2D eigenvalue weighted by Crippen LogP contribution is -2.33. The van der Waals surface area contributed by atoms with Crippen molar-refractivity contribution < 1.29 is 13.9 Å². The molecule has 17 heavy (non-hydrogen) atoms. The van der Waals surface area contributed by atoms with Gasteiger partial charge in [0, 0.05) is 13.2 Å². The zero-order chi connectivity index (χ0) is 12.7. The van der Waals surface area contributed by atoms with Crippen LogP contribution in [0.5, 0.6) is 0 Å². The fourth-order valence-electron chi connectivity index (χ4n) is 1.59. The largest absolute Gasteiger partial charge is 0.324 e. The summed E-state index contributed by atoms with van der Waals surface area (Å²) in [6.07, 6.45) is -0.0849. The smallest absolute Gasteiger partial charge is 0.324 e. The second-order valence-electron chi connectivity index (χ2n) is 3.47. The monoisotopic (exact) mass is 237 g/mol. The highest BCUT2D eigenvalue weighted by atomic mass is 19.2. The molecule has 0 aliphatic carbocycles. The first kappa shape index (κ1) is 13.6. The Morgan fingerprint density at radius 2 is 1.82 bits per heavy atom. The Kier molecular flexibility index (Phi) is 5.08. The average molecular weight is 237 g/mol. The van der Waals surface area contributed by atoms with Crippen LogP contribution < -0.4 is 0 Å². The molecule has 1 aromatic carbocycles. The lowest BCUT2D eigenvalue weighted by molar-refractivity contribution is -0.312. The first-order valence-corrected chi connectivity index (χ1v) is 5.60. The summed E-state index contributed by atoms with van der Waals surface area (Å²) in [6, 6.07) is 6.71. The summed E-state index contributed by atoms with van der Waals surface area (Å²) < 4.78 is 24.2. The Morgan fingerprint density at radius 3 is 2.35 bits per heavy atom. The van der Waals surface area contributed by atoms with Crippen LogP contribution in [-0.2, 0) is 15.9 Å². The molecule has 1 aromatic rings. The summed E-state index contributed by atoms with van der Waals surface area (Å²) in [7, 11) is 0. The van der Waals surface area contributed by atoms with Gasteiger partial charge in [-0.05, 0) is 25.5 Å². The van der Waals surface area contributed by atoms with E-state index in [9.17, 15) is 4.39 Å². The van der Waals surface area contributed by atoms with E-state index >= 15 is 0 Å². The van der Waals surface area contributed by atoms with Gasteiger partial charge in [0.2, 0.25) is 0 Å². The summed E-state index contributed by atoms with van der Waals surface area (Å²) in [5.41, 5.74) is 1.02. The minimum Gasteiger partial charge on any atom is -0.324 e. The Hall–Kier alpha value is -1.44. The van der Waals surface area contributed by atoms with Crippen molar-refractivity contribution in [1.29, 1.82) is 5.26 Å². The van der Waals surface area contributed by atoms with E-state index in [1.807, 2.05) is 6.07 Å². The third kappa shape index (κ3) is 3.81. The molecule has 0 unspecified atom stereocenters. The maximum absolute atomic E-state index is 14.2. The van der Waals surface area contributed by atoms with Gasteiger partial charge < -0.3 is 9.47 Å². The molecule has 0 spiro atoms. The fourth-order valence-corrected chi connectivity index (χ4v) is 1.59. The van der Waals surface area contributed by atoms with Gasteiger partial charge in [0.25, 0.3) is 0 Å². The van der Waals surface area contributed by atoms with Gasteiger partial charge in [-0.15, -0.1) is 0 Å². The molecular weight excluding hydrogens is 221 g/mol. The molecule has 0 bridgehead atoms. The van der Waals surface area contributed by atoms with Gasteiger partial charge in [0.1, 0.15) is 0 Å². The van der Waals surface area contributed by atoms with Crippen molar-refractivity contribution in [1.82, 2.24) is 0 Å². The molecule has 0 saturated carbocycles. The van der Waals surface area contributed by atoms with Crippen molar-refractivity contribution in [3.8, 4) is 6.07 Å². The summed E-state index contributed by atoms with van der Waals surface area (Å²) >= 11 is 0. The topological polar surface area (TPSA) is 42.2 Å². The van der Waals surface area contributed by atoms with Crippen molar-refractivity contribution in [2.24, 2.45) is 0 Å². The highest BCUT2D eigenvalue weighted by molar-refractivity contribution is 5.37. The molecule has 0 aliphatic rings. The zero-order valence-corrected chi connectivity index (χ0v) is 10.1. The number of hydrogen-bond acceptors (Lipinski definition) is 3. The van der Waals surface area contributed by atoms with Crippen LogP contribution in [0, 0.1) is 11.3 Å². The minimum atomic E-state index is -2.16. The number of nitrogens with zero attached hydrogens (tertiary/aromatic N) is 1. The van der Waals surface area contributed by atoms with Gasteiger partial charge in [-0.3, -0.25) is 0 Å². The summed E-state index contributed by atoms with van der Waals surface area (Å²) in [6.45, 7) is 3.82.